The Morgan fingerprint density at radius 3 is 1.55 bits per heavy atom. The quantitative estimate of drug-likeness (QED) is 0.251. The predicted octanol–water partition coefficient (Wildman–Crippen LogP) is -3.03. The second-order valence-corrected chi connectivity index (χ2v) is 1.77. The van der Waals surface area contributed by atoms with Crippen molar-refractivity contribution in [2.24, 2.45) is 5.92 Å². The molecule has 0 amide bonds. The van der Waals surface area contributed by atoms with E-state index in [1.165, 1.54) is 21.1 Å². The van der Waals surface area contributed by atoms with E-state index >= 15 is 0 Å². The molecule has 0 aromatic heterocycles. The third-order valence-electron chi connectivity index (χ3n) is 1.11. The Balaban J connectivity index is 0. The Kier molecular flexibility index (Phi) is 8.16. The Hall–Kier alpha value is -0.0600. The van der Waals surface area contributed by atoms with Crippen LogP contribution in [0, 0.1) is 5.92 Å². The van der Waals surface area contributed by atoms with E-state index in [1.54, 1.807) is 0 Å². The minimum Gasteiger partial charge on any atom is -0.468 e. The van der Waals surface area contributed by atoms with Crippen LogP contribution in [0.2, 0.25) is 0 Å². The summed E-state index contributed by atoms with van der Waals surface area (Å²) in [6.45, 7) is 1.43. The van der Waals surface area contributed by atoms with E-state index < -0.39 is 17.9 Å². The summed E-state index contributed by atoms with van der Waals surface area (Å²) < 4.78 is 8.59. The van der Waals surface area contributed by atoms with Crippen LogP contribution in [-0.4, -0.2) is 26.2 Å². The van der Waals surface area contributed by atoms with Gasteiger partial charge in [-0.25, -0.2) is 0 Å². The molecule has 0 N–H and O–H groups in total. The Labute approximate surface area is 87.5 Å². The van der Waals surface area contributed by atoms with Crippen LogP contribution >= 0.6 is 0 Å². The maximum atomic E-state index is 10.6. The minimum atomic E-state index is -0.824. The topological polar surface area (TPSA) is 52.6 Å². The van der Waals surface area contributed by atoms with Crippen molar-refractivity contribution in [2.45, 2.75) is 6.92 Å². The van der Waals surface area contributed by atoms with E-state index in [1.807, 2.05) is 0 Å². The SMILES string of the molecule is COC(=O)C(C)C(=O)OC.[Na+]. The smallest absolute Gasteiger partial charge is 0.468 e. The zero-order valence-electron chi connectivity index (χ0n) is 7.21. The molecule has 0 aromatic rings. The maximum absolute atomic E-state index is 10.6. The molecular weight excluding hydrogens is 159 g/mol. The van der Waals surface area contributed by atoms with E-state index in [2.05, 4.69) is 9.47 Å². The fourth-order valence-corrected chi connectivity index (χ4v) is 0.450. The van der Waals surface area contributed by atoms with Crippen molar-refractivity contribution in [3.05, 3.63) is 0 Å². The molecule has 0 fully saturated rings. The van der Waals surface area contributed by atoms with E-state index in [0.29, 0.717) is 0 Å². The number of hydrogen-bond acceptors (Lipinski definition) is 4. The number of esters is 2. The number of rotatable bonds is 2. The molecule has 5 heteroatoms. The fourth-order valence-electron chi connectivity index (χ4n) is 0.450. The first-order valence-electron chi connectivity index (χ1n) is 2.79. The van der Waals surface area contributed by atoms with Gasteiger partial charge in [-0.1, -0.05) is 0 Å². The first-order chi connectivity index (χ1) is 4.63. The summed E-state index contributed by atoms with van der Waals surface area (Å²) in [5, 5.41) is 0. The Morgan fingerprint density at radius 2 is 1.36 bits per heavy atom. The number of ether oxygens (including phenoxy) is 2. The molecule has 0 aliphatic carbocycles. The molecule has 58 valence electrons. The van der Waals surface area contributed by atoms with E-state index in [4.69, 9.17) is 0 Å². The van der Waals surface area contributed by atoms with Gasteiger partial charge in [-0.2, -0.15) is 0 Å². The summed E-state index contributed by atoms with van der Waals surface area (Å²) >= 11 is 0. The molecule has 4 nitrogen and oxygen atoms in total. The summed E-state index contributed by atoms with van der Waals surface area (Å²) in [6, 6.07) is 0. The van der Waals surface area contributed by atoms with Crippen molar-refractivity contribution in [1.29, 1.82) is 0 Å². The van der Waals surface area contributed by atoms with Crippen LogP contribution < -0.4 is 29.6 Å². The molecule has 0 saturated carbocycles. The molecule has 0 aliphatic heterocycles. The van der Waals surface area contributed by atoms with Crippen LogP contribution in [0.4, 0.5) is 0 Å². The van der Waals surface area contributed by atoms with Gasteiger partial charge in [-0.15, -0.1) is 0 Å². The zero-order chi connectivity index (χ0) is 8.15. The first kappa shape index (κ1) is 13.5. The van der Waals surface area contributed by atoms with Gasteiger partial charge in [0.15, 0.2) is 5.92 Å². The van der Waals surface area contributed by atoms with E-state index in [-0.39, 0.29) is 29.6 Å². The molecule has 0 heterocycles. The first-order valence-corrected chi connectivity index (χ1v) is 2.79. The molecule has 0 aliphatic rings. The molecule has 0 atom stereocenters. The van der Waals surface area contributed by atoms with Gasteiger partial charge in [0.1, 0.15) is 0 Å². The molecule has 0 unspecified atom stereocenters. The number of carbonyl (C=O) groups is 2. The summed E-state index contributed by atoms with van der Waals surface area (Å²) in [6.07, 6.45) is 0. The molecule has 0 bridgehead atoms. The Bertz CT molecular complexity index is 130. The molecular formula is C6H10NaO4+. The predicted molar refractivity (Wildman–Crippen MR) is 33.2 cm³/mol. The largest absolute Gasteiger partial charge is 1.00 e. The van der Waals surface area contributed by atoms with Crippen LogP contribution in [0.15, 0.2) is 0 Å². The zero-order valence-corrected chi connectivity index (χ0v) is 9.21. The second-order valence-electron chi connectivity index (χ2n) is 1.77. The van der Waals surface area contributed by atoms with Crippen LogP contribution in [0.1, 0.15) is 6.92 Å². The van der Waals surface area contributed by atoms with Crippen molar-refractivity contribution < 1.29 is 48.6 Å². The fraction of sp³-hybridized carbons (Fsp3) is 0.667. The average molecular weight is 169 g/mol. The summed E-state index contributed by atoms with van der Waals surface area (Å²) in [4.78, 5) is 21.2. The van der Waals surface area contributed by atoms with E-state index in [9.17, 15) is 9.59 Å². The van der Waals surface area contributed by atoms with Crippen molar-refractivity contribution in [3.8, 4) is 0 Å². The van der Waals surface area contributed by atoms with Gasteiger partial charge in [0.2, 0.25) is 0 Å². The summed E-state index contributed by atoms with van der Waals surface area (Å²) in [7, 11) is 2.45. The van der Waals surface area contributed by atoms with E-state index in [0.717, 1.165) is 0 Å². The van der Waals surface area contributed by atoms with Crippen molar-refractivity contribution in [3.63, 3.8) is 0 Å². The van der Waals surface area contributed by atoms with Crippen LogP contribution in [-0.2, 0) is 19.1 Å². The normalized spacial score (nSPS) is 8.36. The van der Waals surface area contributed by atoms with Gasteiger partial charge in [0.25, 0.3) is 0 Å². The third-order valence-corrected chi connectivity index (χ3v) is 1.11. The van der Waals surface area contributed by atoms with Gasteiger partial charge in [-0.3, -0.25) is 9.59 Å². The van der Waals surface area contributed by atoms with Crippen molar-refractivity contribution in [2.75, 3.05) is 14.2 Å². The minimum absolute atomic E-state index is 0. The molecule has 11 heavy (non-hydrogen) atoms. The number of carbonyl (C=O) groups excluding carboxylic acids is 2. The van der Waals surface area contributed by atoms with Crippen molar-refractivity contribution in [1.82, 2.24) is 0 Å². The van der Waals surface area contributed by atoms with Crippen LogP contribution in [0.3, 0.4) is 0 Å². The van der Waals surface area contributed by atoms with Gasteiger partial charge >= 0.3 is 41.5 Å². The van der Waals surface area contributed by atoms with Crippen LogP contribution in [0.25, 0.3) is 0 Å². The third kappa shape index (κ3) is 4.40. The number of methoxy groups -OCH3 is 2. The Morgan fingerprint density at radius 1 is 1.09 bits per heavy atom. The van der Waals surface area contributed by atoms with Crippen molar-refractivity contribution >= 4 is 11.9 Å². The molecule has 0 aromatic carbocycles. The molecule has 0 saturated heterocycles. The van der Waals surface area contributed by atoms with Gasteiger partial charge in [-0.05, 0) is 6.92 Å². The summed E-state index contributed by atoms with van der Waals surface area (Å²) in [5.74, 6) is -1.98. The van der Waals surface area contributed by atoms with Crippen LogP contribution in [0.5, 0.6) is 0 Å². The molecule has 0 spiro atoms. The van der Waals surface area contributed by atoms with Gasteiger partial charge < -0.3 is 9.47 Å². The monoisotopic (exact) mass is 169 g/mol. The van der Waals surface area contributed by atoms with Gasteiger partial charge in [0.05, 0.1) is 14.2 Å². The molecule has 0 radical (unpaired) electrons. The molecule has 0 rings (SSSR count). The second kappa shape index (κ2) is 6.64. The maximum Gasteiger partial charge on any atom is 1.00 e. The standard InChI is InChI=1S/C6H10O4.Na/c1-4(5(7)9-2)6(8)10-3;/h4H,1-3H3;/q;+1. The average Bonchev–Trinajstić information content (AvgIpc) is 2.00. The number of hydrogen-bond donors (Lipinski definition) is 0. The van der Waals surface area contributed by atoms with Gasteiger partial charge in [0, 0.05) is 0 Å². The summed E-state index contributed by atoms with van der Waals surface area (Å²) in [5.41, 5.74) is 0.